The Kier molecular flexibility index (Phi) is 2.99. The molecule has 0 atom stereocenters. The first-order valence-corrected chi connectivity index (χ1v) is 6.21. The maximum atomic E-state index is 5.57. The van der Waals surface area contributed by atoms with Crippen molar-refractivity contribution >= 4 is 16.5 Å². The van der Waals surface area contributed by atoms with Crippen LogP contribution in [0, 0.1) is 0 Å². The van der Waals surface area contributed by atoms with E-state index in [0.717, 1.165) is 16.8 Å². The lowest BCUT2D eigenvalue weighted by Crippen LogP contribution is -2.06. The first-order valence-electron chi connectivity index (χ1n) is 6.21. The molecule has 0 aromatic heterocycles. The van der Waals surface area contributed by atoms with Crippen LogP contribution in [0.25, 0.3) is 10.8 Å². The lowest BCUT2D eigenvalue weighted by Gasteiger charge is -2.07. The number of hydrazone groups is 1. The standard InChI is InChI=1S/C17H14N2/c18-19-17(14-7-2-1-3-8-14)16-11-10-13-6-4-5-9-15(13)12-16/h1-12H,18H2/b19-17-. The van der Waals surface area contributed by atoms with Gasteiger partial charge in [0, 0.05) is 11.1 Å². The molecule has 19 heavy (non-hydrogen) atoms. The highest BCUT2D eigenvalue weighted by molar-refractivity contribution is 6.14. The Balaban J connectivity index is 2.12. The van der Waals surface area contributed by atoms with E-state index in [4.69, 9.17) is 5.84 Å². The van der Waals surface area contributed by atoms with Crippen LogP contribution in [0.4, 0.5) is 0 Å². The van der Waals surface area contributed by atoms with E-state index in [1.165, 1.54) is 10.8 Å². The van der Waals surface area contributed by atoms with Gasteiger partial charge in [-0.3, -0.25) is 0 Å². The molecule has 0 amide bonds. The summed E-state index contributed by atoms with van der Waals surface area (Å²) < 4.78 is 0. The highest BCUT2D eigenvalue weighted by atomic mass is 15.1. The highest BCUT2D eigenvalue weighted by Crippen LogP contribution is 2.18. The zero-order valence-electron chi connectivity index (χ0n) is 10.5. The van der Waals surface area contributed by atoms with E-state index >= 15 is 0 Å². The van der Waals surface area contributed by atoms with Crippen molar-refractivity contribution in [2.45, 2.75) is 0 Å². The Morgan fingerprint density at radius 1 is 0.684 bits per heavy atom. The fourth-order valence-corrected chi connectivity index (χ4v) is 2.25. The smallest absolute Gasteiger partial charge is 0.0971 e. The average Bonchev–Trinajstić information content (AvgIpc) is 2.49. The van der Waals surface area contributed by atoms with Crippen molar-refractivity contribution < 1.29 is 0 Å². The molecule has 3 aromatic rings. The summed E-state index contributed by atoms with van der Waals surface area (Å²) in [7, 11) is 0. The van der Waals surface area contributed by atoms with E-state index in [0.29, 0.717) is 0 Å². The van der Waals surface area contributed by atoms with Crippen LogP contribution < -0.4 is 5.84 Å². The molecule has 2 N–H and O–H groups in total. The topological polar surface area (TPSA) is 38.4 Å². The van der Waals surface area contributed by atoms with Crippen molar-refractivity contribution in [2.24, 2.45) is 10.9 Å². The summed E-state index contributed by atoms with van der Waals surface area (Å²) in [6.45, 7) is 0. The van der Waals surface area contributed by atoms with E-state index in [9.17, 15) is 0 Å². The van der Waals surface area contributed by atoms with Crippen molar-refractivity contribution in [3.63, 3.8) is 0 Å². The van der Waals surface area contributed by atoms with Gasteiger partial charge in [-0.1, -0.05) is 66.7 Å². The fourth-order valence-electron chi connectivity index (χ4n) is 2.25. The number of hydrogen-bond donors (Lipinski definition) is 1. The zero-order valence-corrected chi connectivity index (χ0v) is 10.5. The second-order valence-electron chi connectivity index (χ2n) is 4.41. The molecule has 3 rings (SSSR count). The summed E-state index contributed by atoms with van der Waals surface area (Å²) in [4.78, 5) is 0. The number of rotatable bonds is 2. The predicted molar refractivity (Wildman–Crippen MR) is 80.2 cm³/mol. The molecular weight excluding hydrogens is 232 g/mol. The van der Waals surface area contributed by atoms with E-state index in [1.54, 1.807) is 0 Å². The summed E-state index contributed by atoms with van der Waals surface area (Å²) in [6, 6.07) is 24.5. The van der Waals surface area contributed by atoms with E-state index in [-0.39, 0.29) is 0 Å². The molecule has 0 unspecified atom stereocenters. The number of hydrogen-bond acceptors (Lipinski definition) is 2. The van der Waals surface area contributed by atoms with Crippen molar-refractivity contribution in [2.75, 3.05) is 0 Å². The molecule has 0 saturated heterocycles. The number of benzene rings is 3. The van der Waals surface area contributed by atoms with Crippen LogP contribution >= 0.6 is 0 Å². The first-order chi connectivity index (χ1) is 9.38. The fraction of sp³-hybridized carbons (Fsp3) is 0. The van der Waals surface area contributed by atoms with Crippen LogP contribution in [0.3, 0.4) is 0 Å². The monoisotopic (exact) mass is 246 g/mol. The third kappa shape index (κ3) is 2.20. The van der Waals surface area contributed by atoms with Crippen molar-refractivity contribution in [1.29, 1.82) is 0 Å². The normalized spacial score (nSPS) is 11.7. The Morgan fingerprint density at radius 3 is 2.11 bits per heavy atom. The van der Waals surface area contributed by atoms with Gasteiger partial charge in [-0.05, 0) is 16.8 Å². The number of nitrogens with two attached hydrogens (primary N) is 1. The third-order valence-electron chi connectivity index (χ3n) is 3.20. The van der Waals surface area contributed by atoms with Crippen molar-refractivity contribution in [1.82, 2.24) is 0 Å². The molecule has 2 nitrogen and oxygen atoms in total. The van der Waals surface area contributed by atoms with E-state index in [1.807, 2.05) is 42.5 Å². The minimum atomic E-state index is 0.811. The second kappa shape index (κ2) is 4.94. The van der Waals surface area contributed by atoms with Gasteiger partial charge in [0.2, 0.25) is 0 Å². The van der Waals surface area contributed by atoms with Crippen LogP contribution in [0.5, 0.6) is 0 Å². The quantitative estimate of drug-likeness (QED) is 0.419. The Hall–Kier alpha value is -2.61. The molecule has 0 aliphatic heterocycles. The summed E-state index contributed by atoms with van der Waals surface area (Å²) in [6.07, 6.45) is 0. The Morgan fingerprint density at radius 2 is 1.37 bits per heavy atom. The predicted octanol–water partition coefficient (Wildman–Crippen LogP) is 3.55. The minimum Gasteiger partial charge on any atom is -0.323 e. The van der Waals surface area contributed by atoms with Crippen LogP contribution in [0.15, 0.2) is 77.9 Å². The molecule has 0 bridgehead atoms. The molecule has 3 aromatic carbocycles. The van der Waals surface area contributed by atoms with Crippen LogP contribution in [0.1, 0.15) is 11.1 Å². The third-order valence-corrected chi connectivity index (χ3v) is 3.20. The lowest BCUT2D eigenvalue weighted by molar-refractivity contribution is 1.24. The van der Waals surface area contributed by atoms with Gasteiger partial charge >= 0.3 is 0 Å². The molecule has 92 valence electrons. The first kappa shape index (κ1) is 11.5. The van der Waals surface area contributed by atoms with E-state index in [2.05, 4.69) is 35.4 Å². The van der Waals surface area contributed by atoms with Crippen LogP contribution in [-0.2, 0) is 0 Å². The van der Waals surface area contributed by atoms with Crippen molar-refractivity contribution in [3.8, 4) is 0 Å². The molecule has 0 radical (unpaired) electrons. The molecule has 0 spiro atoms. The van der Waals surface area contributed by atoms with E-state index < -0.39 is 0 Å². The lowest BCUT2D eigenvalue weighted by atomic mass is 9.99. The molecule has 0 heterocycles. The van der Waals surface area contributed by atoms with Gasteiger partial charge < -0.3 is 5.84 Å². The maximum absolute atomic E-state index is 5.57. The zero-order chi connectivity index (χ0) is 13.1. The Bertz CT molecular complexity index is 730. The van der Waals surface area contributed by atoms with Gasteiger partial charge in [-0.15, -0.1) is 0 Å². The number of fused-ring (bicyclic) bond motifs is 1. The molecule has 0 aliphatic carbocycles. The summed E-state index contributed by atoms with van der Waals surface area (Å²) in [5, 5.41) is 6.36. The van der Waals surface area contributed by atoms with Gasteiger partial charge in [-0.25, -0.2) is 0 Å². The van der Waals surface area contributed by atoms with Gasteiger partial charge in [0.1, 0.15) is 0 Å². The maximum Gasteiger partial charge on any atom is 0.0971 e. The largest absolute Gasteiger partial charge is 0.323 e. The van der Waals surface area contributed by atoms with Crippen LogP contribution in [0.2, 0.25) is 0 Å². The average molecular weight is 246 g/mol. The minimum absolute atomic E-state index is 0.811. The number of nitrogens with zero attached hydrogens (tertiary/aromatic N) is 1. The molecule has 2 heteroatoms. The summed E-state index contributed by atoms with van der Waals surface area (Å²) >= 11 is 0. The molecule has 0 aliphatic rings. The molecule has 0 saturated carbocycles. The van der Waals surface area contributed by atoms with Gasteiger partial charge in [0.15, 0.2) is 0 Å². The van der Waals surface area contributed by atoms with Crippen LogP contribution in [-0.4, -0.2) is 5.71 Å². The van der Waals surface area contributed by atoms with Gasteiger partial charge in [0.25, 0.3) is 0 Å². The highest BCUT2D eigenvalue weighted by Gasteiger charge is 2.06. The Labute approximate surface area is 112 Å². The molecule has 0 fully saturated rings. The summed E-state index contributed by atoms with van der Waals surface area (Å²) in [5.74, 6) is 5.57. The van der Waals surface area contributed by atoms with Gasteiger partial charge in [0.05, 0.1) is 5.71 Å². The van der Waals surface area contributed by atoms with Gasteiger partial charge in [-0.2, -0.15) is 5.10 Å². The molecular formula is C17H14N2. The SMILES string of the molecule is N/N=C(/c1ccccc1)c1ccc2ccccc2c1. The second-order valence-corrected chi connectivity index (χ2v) is 4.41. The van der Waals surface area contributed by atoms with Crippen molar-refractivity contribution in [3.05, 3.63) is 83.9 Å². The summed E-state index contributed by atoms with van der Waals surface area (Å²) in [5.41, 5.74) is 2.87.